The fraction of sp³-hybridized carbons (Fsp3) is 0.882. The zero-order chi connectivity index (χ0) is 16.2. The summed E-state index contributed by atoms with van der Waals surface area (Å²) >= 11 is 0. The third-order valence-corrected chi connectivity index (χ3v) is 6.00. The quantitative estimate of drug-likeness (QED) is 0.801. The van der Waals surface area contributed by atoms with E-state index in [-0.39, 0.29) is 5.97 Å². The van der Waals surface area contributed by atoms with Gasteiger partial charge in [-0.1, -0.05) is 6.92 Å². The van der Waals surface area contributed by atoms with E-state index in [0.29, 0.717) is 18.3 Å². The summed E-state index contributed by atoms with van der Waals surface area (Å²) in [5, 5.41) is 9.08. The molecule has 1 N–H and O–H groups in total. The van der Waals surface area contributed by atoms with E-state index < -0.39 is 22.8 Å². The molecule has 5 nitrogen and oxygen atoms in total. The van der Waals surface area contributed by atoms with Crippen molar-refractivity contribution < 1.29 is 24.2 Å². The monoisotopic (exact) mass is 310 g/mol. The van der Waals surface area contributed by atoms with Crippen LogP contribution < -0.4 is 0 Å². The lowest BCUT2D eigenvalue weighted by Crippen LogP contribution is -2.62. The van der Waals surface area contributed by atoms with E-state index in [4.69, 9.17) is 14.6 Å². The van der Waals surface area contributed by atoms with Gasteiger partial charge in [-0.15, -0.1) is 0 Å². The van der Waals surface area contributed by atoms with Crippen LogP contribution in [0.4, 0.5) is 4.79 Å². The van der Waals surface area contributed by atoms with Crippen molar-refractivity contribution in [1.29, 1.82) is 0 Å². The number of hydrogen-bond donors (Lipinski definition) is 1. The van der Waals surface area contributed by atoms with Gasteiger partial charge in [0.15, 0.2) is 0 Å². The first-order chi connectivity index (χ1) is 10.2. The highest BCUT2D eigenvalue weighted by Crippen LogP contribution is 2.60. The summed E-state index contributed by atoms with van der Waals surface area (Å²) in [6, 6.07) is 0. The largest absolute Gasteiger partial charge is 0.506 e. The van der Waals surface area contributed by atoms with Gasteiger partial charge in [-0.3, -0.25) is 4.79 Å². The van der Waals surface area contributed by atoms with Crippen LogP contribution in [0.2, 0.25) is 0 Å². The molecule has 22 heavy (non-hydrogen) atoms. The van der Waals surface area contributed by atoms with Crippen molar-refractivity contribution in [2.75, 3.05) is 0 Å². The summed E-state index contributed by atoms with van der Waals surface area (Å²) in [6.45, 7) is 5.79. The van der Waals surface area contributed by atoms with Crippen LogP contribution in [0.1, 0.15) is 65.7 Å². The van der Waals surface area contributed by atoms with Crippen LogP contribution in [0.15, 0.2) is 0 Å². The third kappa shape index (κ3) is 2.59. The number of rotatable bonds is 4. The summed E-state index contributed by atoms with van der Waals surface area (Å²) in [4.78, 5) is 23.6. The van der Waals surface area contributed by atoms with Crippen molar-refractivity contribution in [1.82, 2.24) is 0 Å². The summed E-state index contributed by atoms with van der Waals surface area (Å²) in [6.07, 6.45) is 4.45. The highest BCUT2D eigenvalue weighted by Gasteiger charge is 2.62. The van der Waals surface area contributed by atoms with Crippen LogP contribution in [-0.4, -0.2) is 28.4 Å². The molecule has 0 radical (unpaired) electrons. The van der Waals surface area contributed by atoms with Gasteiger partial charge in [0.2, 0.25) is 0 Å². The Hall–Kier alpha value is -1.26. The molecular weight excluding hydrogens is 284 g/mol. The van der Waals surface area contributed by atoms with Gasteiger partial charge in [-0.05, 0) is 64.2 Å². The molecule has 2 unspecified atom stereocenters. The number of esters is 1. The van der Waals surface area contributed by atoms with Crippen molar-refractivity contribution in [3.05, 3.63) is 0 Å². The lowest BCUT2D eigenvalue weighted by molar-refractivity contribution is -0.227. The van der Waals surface area contributed by atoms with Crippen LogP contribution in [0.25, 0.3) is 0 Å². The molecule has 0 aliphatic heterocycles. The van der Waals surface area contributed by atoms with Gasteiger partial charge in [0.05, 0.1) is 5.41 Å². The summed E-state index contributed by atoms with van der Waals surface area (Å²) in [7, 11) is 0. The maximum atomic E-state index is 12.5. The Bertz CT molecular complexity index is 481. The Balaban J connectivity index is 1.82. The predicted molar refractivity (Wildman–Crippen MR) is 79.4 cm³/mol. The lowest BCUT2D eigenvalue weighted by atomic mass is 9.52. The second kappa shape index (κ2) is 4.87. The zero-order valence-corrected chi connectivity index (χ0v) is 13.7. The Kier molecular flexibility index (Phi) is 3.46. The van der Waals surface area contributed by atoms with Gasteiger partial charge >= 0.3 is 12.1 Å². The molecule has 0 heterocycles. The Morgan fingerprint density at radius 3 is 2.05 bits per heavy atom. The van der Waals surface area contributed by atoms with Gasteiger partial charge < -0.3 is 14.6 Å². The maximum Gasteiger partial charge on any atom is 0.506 e. The molecule has 4 bridgehead atoms. The number of carboxylic acid groups (broad SMARTS) is 1. The van der Waals surface area contributed by atoms with Crippen molar-refractivity contribution in [3.63, 3.8) is 0 Å². The smallest absolute Gasteiger partial charge is 0.458 e. The van der Waals surface area contributed by atoms with Gasteiger partial charge in [0.1, 0.15) is 11.2 Å². The Morgan fingerprint density at radius 1 is 1.09 bits per heavy atom. The molecule has 2 atom stereocenters. The maximum absolute atomic E-state index is 12.5. The SMILES string of the molecule is CCC(C)(C)C(=O)OC12CC3CC(CC(OC(=O)O)(C3)C1)C2. The first kappa shape index (κ1) is 15.6. The van der Waals surface area contributed by atoms with Crippen LogP contribution in [0, 0.1) is 17.3 Å². The molecule has 0 aromatic carbocycles. The van der Waals surface area contributed by atoms with Gasteiger partial charge in [-0.25, -0.2) is 4.79 Å². The van der Waals surface area contributed by atoms with E-state index in [1.165, 1.54) is 0 Å². The van der Waals surface area contributed by atoms with E-state index in [0.717, 1.165) is 38.5 Å². The molecule has 0 aromatic heterocycles. The molecular formula is C17H26O5. The van der Waals surface area contributed by atoms with E-state index >= 15 is 0 Å². The molecule has 4 saturated carbocycles. The molecule has 4 aliphatic rings. The normalized spacial score (nSPS) is 39.6. The minimum atomic E-state index is -1.21. The fourth-order valence-electron chi connectivity index (χ4n) is 5.00. The lowest BCUT2D eigenvalue weighted by Gasteiger charge is -2.60. The van der Waals surface area contributed by atoms with E-state index in [1.807, 2.05) is 20.8 Å². The van der Waals surface area contributed by atoms with E-state index in [1.54, 1.807) is 0 Å². The highest BCUT2D eigenvalue weighted by molar-refractivity contribution is 5.76. The summed E-state index contributed by atoms with van der Waals surface area (Å²) in [5.74, 6) is 0.665. The minimum Gasteiger partial charge on any atom is -0.458 e. The number of hydrogen-bond acceptors (Lipinski definition) is 4. The molecule has 4 aliphatic carbocycles. The first-order valence-corrected chi connectivity index (χ1v) is 8.33. The van der Waals surface area contributed by atoms with Crippen LogP contribution in [0.3, 0.4) is 0 Å². The predicted octanol–water partition coefficient (Wildman–Crippen LogP) is 3.75. The van der Waals surface area contributed by atoms with Crippen molar-refractivity contribution >= 4 is 12.1 Å². The molecule has 0 amide bonds. The molecule has 124 valence electrons. The Morgan fingerprint density at radius 2 is 1.59 bits per heavy atom. The van der Waals surface area contributed by atoms with Gasteiger partial charge in [0, 0.05) is 6.42 Å². The molecule has 4 rings (SSSR count). The van der Waals surface area contributed by atoms with Crippen LogP contribution >= 0.6 is 0 Å². The molecule has 0 aromatic rings. The molecule has 5 heteroatoms. The Labute approximate surface area is 131 Å². The molecule has 0 saturated heterocycles. The average molecular weight is 310 g/mol. The second-order valence-corrected chi connectivity index (χ2v) is 8.32. The summed E-state index contributed by atoms with van der Waals surface area (Å²) < 4.78 is 11.3. The van der Waals surface area contributed by atoms with E-state index in [9.17, 15) is 9.59 Å². The van der Waals surface area contributed by atoms with Gasteiger partial charge in [0.25, 0.3) is 0 Å². The average Bonchev–Trinajstić information content (AvgIpc) is 2.34. The van der Waals surface area contributed by atoms with Crippen LogP contribution in [-0.2, 0) is 14.3 Å². The highest BCUT2D eigenvalue weighted by atomic mass is 16.7. The van der Waals surface area contributed by atoms with Crippen molar-refractivity contribution in [2.45, 2.75) is 76.9 Å². The fourth-order valence-corrected chi connectivity index (χ4v) is 5.00. The van der Waals surface area contributed by atoms with Crippen molar-refractivity contribution in [2.24, 2.45) is 17.3 Å². The number of carbonyl (C=O) groups is 2. The van der Waals surface area contributed by atoms with Crippen molar-refractivity contribution in [3.8, 4) is 0 Å². The van der Waals surface area contributed by atoms with Gasteiger partial charge in [-0.2, -0.15) is 0 Å². The standard InChI is InChI=1S/C17H26O5/c1-4-15(2,3)13(18)21-16-6-11-5-12(7-16)9-17(8-11,10-16)22-14(19)20/h11-12H,4-10H2,1-3H3,(H,19,20). The molecule has 0 spiro atoms. The van der Waals surface area contributed by atoms with E-state index in [2.05, 4.69) is 0 Å². The topological polar surface area (TPSA) is 72.8 Å². The minimum absolute atomic E-state index is 0.164. The zero-order valence-electron chi connectivity index (χ0n) is 13.7. The third-order valence-electron chi connectivity index (χ3n) is 6.00. The first-order valence-electron chi connectivity index (χ1n) is 8.33. The second-order valence-electron chi connectivity index (χ2n) is 8.32. The number of carbonyl (C=O) groups excluding carboxylic acids is 1. The summed E-state index contributed by atoms with van der Waals surface area (Å²) in [5.41, 5.74) is -1.64. The molecule has 4 fully saturated rings. The number of ether oxygens (including phenoxy) is 2. The van der Waals surface area contributed by atoms with Crippen LogP contribution in [0.5, 0.6) is 0 Å².